The van der Waals surface area contributed by atoms with Crippen LogP contribution in [0, 0.1) is 5.82 Å². The van der Waals surface area contributed by atoms with E-state index in [2.05, 4.69) is 5.10 Å². The number of carbonyl (C=O) groups is 1. The van der Waals surface area contributed by atoms with E-state index in [1.54, 1.807) is 16.8 Å². The van der Waals surface area contributed by atoms with Crippen LogP contribution in [-0.2, 0) is 6.54 Å². The largest absolute Gasteiger partial charge is 0.478 e. The number of aromatic nitrogens is 2. The van der Waals surface area contributed by atoms with E-state index in [4.69, 9.17) is 0 Å². The quantitative estimate of drug-likeness (QED) is 0.903. The Morgan fingerprint density at radius 1 is 1.42 bits per heavy atom. The van der Waals surface area contributed by atoms with Gasteiger partial charge in [-0.3, -0.25) is 4.68 Å². The van der Waals surface area contributed by atoms with Crippen molar-refractivity contribution < 1.29 is 14.3 Å². The molecule has 0 amide bonds. The number of hydrogen-bond acceptors (Lipinski definition) is 2. The maximum atomic E-state index is 12.9. The van der Waals surface area contributed by atoms with Gasteiger partial charge in [-0.15, -0.1) is 0 Å². The van der Waals surface area contributed by atoms with E-state index in [0.717, 1.165) is 18.7 Å². The van der Waals surface area contributed by atoms with Gasteiger partial charge in [-0.05, 0) is 30.7 Å². The van der Waals surface area contributed by atoms with Gasteiger partial charge in [-0.25, -0.2) is 9.18 Å². The maximum Gasteiger partial charge on any atom is 0.339 e. The first-order chi connectivity index (χ1) is 9.08. The molecule has 5 heteroatoms. The number of nitrogens with zero attached hydrogens (tertiary/aromatic N) is 2. The highest BCUT2D eigenvalue weighted by Gasteiger charge is 2.31. The molecule has 0 fully saturated rings. The molecule has 1 unspecified atom stereocenters. The average molecular weight is 260 g/mol. The molecule has 0 bridgehead atoms. The van der Waals surface area contributed by atoms with Crippen LogP contribution in [0.3, 0.4) is 0 Å². The topological polar surface area (TPSA) is 55.1 Å². The fraction of sp³-hybridized carbons (Fsp3) is 0.286. The lowest BCUT2D eigenvalue weighted by Gasteiger charge is -2.04. The standard InChI is InChI=1S/C14H13FN2O2/c1-8-6-7-17-13(8)11(14(18)19)12(16-17)9-2-4-10(15)5-3-9/h2-5,8H,6-7H2,1H3,(H,18,19). The number of aromatic carboxylic acids is 1. The second kappa shape index (κ2) is 4.19. The van der Waals surface area contributed by atoms with Crippen molar-refractivity contribution in [3.8, 4) is 11.3 Å². The zero-order valence-electron chi connectivity index (χ0n) is 10.4. The van der Waals surface area contributed by atoms with E-state index in [1.165, 1.54) is 12.1 Å². The SMILES string of the molecule is CC1CCn2nc(-c3ccc(F)cc3)c(C(=O)O)c21. The van der Waals surface area contributed by atoms with Gasteiger partial charge in [0.25, 0.3) is 0 Å². The van der Waals surface area contributed by atoms with Gasteiger partial charge < -0.3 is 5.11 Å². The summed E-state index contributed by atoms with van der Waals surface area (Å²) in [4.78, 5) is 11.5. The van der Waals surface area contributed by atoms with Gasteiger partial charge in [0.2, 0.25) is 0 Å². The molecular weight excluding hydrogens is 247 g/mol. The normalized spacial score (nSPS) is 17.5. The minimum Gasteiger partial charge on any atom is -0.478 e. The number of carboxylic acids is 1. The highest BCUT2D eigenvalue weighted by atomic mass is 19.1. The van der Waals surface area contributed by atoms with Crippen LogP contribution in [0.2, 0.25) is 0 Å². The van der Waals surface area contributed by atoms with Crippen molar-refractivity contribution in [2.45, 2.75) is 25.8 Å². The van der Waals surface area contributed by atoms with E-state index in [-0.39, 0.29) is 17.3 Å². The molecule has 3 rings (SSSR count). The number of benzene rings is 1. The van der Waals surface area contributed by atoms with Gasteiger partial charge >= 0.3 is 5.97 Å². The Morgan fingerprint density at radius 3 is 2.74 bits per heavy atom. The van der Waals surface area contributed by atoms with Crippen LogP contribution in [0.25, 0.3) is 11.3 Å². The molecule has 1 aromatic carbocycles. The number of fused-ring (bicyclic) bond motifs is 1. The van der Waals surface area contributed by atoms with Gasteiger partial charge in [-0.1, -0.05) is 6.92 Å². The molecule has 1 aliphatic rings. The summed E-state index contributed by atoms with van der Waals surface area (Å²) in [6, 6.07) is 5.75. The van der Waals surface area contributed by atoms with Crippen LogP contribution < -0.4 is 0 Å². The van der Waals surface area contributed by atoms with Gasteiger partial charge in [0, 0.05) is 18.0 Å². The third kappa shape index (κ3) is 1.82. The summed E-state index contributed by atoms with van der Waals surface area (Å²) in [5.74, 6) is -1.14. The molecule has 2 heterocycles. The number of rotatable bonds is 2. The molecule has 0 saturated heterocycles. The van der Waals surface area contributed by atoms with Crippen LogP contribution >= 0.6 is 0 Å². The van der Waals surface area contributed by atoms with Gasteiger partial charge in [0.1, 0.15) is 17.1 Å². The number of carboxylic acid groups (broad SMARTS) is 1. The summed E-state index contributed by atoms with van der Waals surface area (Å²) < 4.78 is 14.7. The van der Waals surface area contributed by atoms with E-state index < -0.39 is 5.97 Å². The minimum absolute atomic E-state index is 0.188. The zero-order chi connectivity index (χ0) is 13.6. The van der Waals surface area contributed by atoms with Crippen molar-refractivity contribution in [2.24, 2.45) is 0 Å². The molecule has 4 nitrogen and oxygen atoms in total. The monoisotopic (exact) mass is 260 g/mol. The molecule has 1 aliphatic heterocycles. The highest BCUT2D eigenvalue weighted by Crippen LogP contribution is 2.35. The molecular formula is C14H13FN2O2. The zero-order valence-corrected chi connectivity index (χ0v) is 10.4. The summed E-state index contributed by atoms with van der Waals surface area (Å²) in [6.07, 6.45) is 0.909. The second-order valence-corrected chi connectivity index (χ2v) is 4.83. The van der Waals surface area contributed by atoms with Gasteiger partial charge in [0.05, 0.1) is 5.69 Å². The van der Waals surface area contributed by atoms with Crippen LogP contribution in [-0.4, -0.2) is 20.9 Å². The van der Waals surface area contributed by atoms with Gasteiger partial charge in [0.15, 0.2) is 0 Å². The second-order valence-electron chi connectivity index (χ2n) is 4.83. The molecule has 1 N–H and O–H groups in total. The lowest BCUT2D eigenvalue weighted by molar-refractivity contribution is 0.0696. The molecule has 0 saturated carbocycles. The molecule has 0 aliphatic carbocycles. The van der Waals surface area contributed by atoms with Crippen LogP contribution in [0.1, 0.15) is 35.3 Å². The van der Waals surface area contributed by atoms with Crippen molar-refractivity contribution in [1.82, 2.24) is 9.78 Å². The Morgan fingerprint density at radius 2 is 2.11 bits per heavy atom. The van der Waals surface area contributed by atoms with Crippen LogP contribution in [0.15, 0.2) is 24.3 Å². The number of hydrogen-bond donors (Lipinski definition) is 1. The van der Waals surface area contributed by atoms with Crippen molar-refractivity contribution >= 4 is 5.97 Å². The predicted molar refractivity (Wildman–Crippen MR) is 67.6 cm³/mol. The van der Waals surface area contributed by atoms with Gasteiger partial charge in [-0.2, -0.15) is 5.10 Å². The van der Waals surface area contributed by atoms with E-state index in [9.17, 15) is 14.3 Å². The Labute approximate surface area is 109 Å². The first-order valence-electron chi connectivity index (χ1n) is 6.18. The van der Waals surface area contributed by atoms with E-state index >= 15 is 0 Å². The fourth-order valence-electron chi connectivity index (χ4n) is 2.62. The smallest absolute Gasteiger partial charge is 0.339 e. The fourth-order valence-corrected chi connectivity index (χ4v) is 2.62. The Hall–Kier alpha value is -2.17. The lowest BCUT2D eigenvalue weighted by Crippen LogP contribution is -2.03. The number of aryl methyl sites for hydroxylation is 1. The first-order valence-corrected chi connectivity index (χ1v) is 6.18. The molecule has 1 aromatic heterocycles. The summed E-state index contributed by atoms with van der Waals surface area (Å²) in [6.45, 7) is 2.74. The van der Waals surface area contributed by atoms with E-state index in [1.807, 2.05) is 6.92 Å². The Kier molecular flexibility index (Phi) is 2.62. The molecule has 0 spiro atoms. The highest BCUT2D eigenvalue weighted by molar-refractivity contribution is 5.96. The predicted octanol–water partition coefficient (Wildman–Crippen LogP) is 2.89. The average Bonchev–Trinajstić information content (AvgIpc) is 2.91. The molecule has 0 radical (unpaired) electrons. The van der Waals surface area contributed by atoms with Crippen molar-refractivity contribution in [1.29, 1.82) is 0 Å². The lowest BCUT2D eigenvalue weighted by atomic mass is 9.99. The molecule has 2 aromatic rings. The maximum absolute atomic E-state index is 12.9. The molecule has 19 heavy (non-hydrogen) atoms. The van der Waals surface area contributed by atoms with Crippen LogP contribution in [0.4, 0.5) is 4.39 Å². The summed E-state index contributed by atoms with van der Waals surface area (Å²) in [5.41, 5.74) is 2.07. The Bertz CT molecular complexity index is 646. The summed E-state index contributed by atoms with van der Waals surface area (Å²) in [7, 11) is 0. The van der Waals surface area contributed by atoms with Crippen molar-refractivity contribution in [3.63, 3.8) is 0 Å². The Balaban J connectivity index is 2.20. The molecule has 98 valence electrons. The van der Waals surface area contributed by atoms with Crippen LogP contribution in [0.5, 0.6) is 0 Å². The summed E-state index contributed by atoms with van der Waals surface area (Å²) in [5, 5.41) is 13.8. The van der Waals surface area contributed by atoms with Crippen molar-refractivity contribution in [2.75, 3.05) is 0 Å². The third-order valence-corrected chi connectivity index (χ3v) is 3.56. The first kappa shape index (κ1) is 11.9. The molecule has 1 atom stereocenters. The number of halogens is 1. The third-order valence-electron chi connectivity index (χ3n) is 3.56. The summed E-state index contributed by atoms with van der Waals surface area (Å²) >= 11 is 0. The minimum atomic E-state index is -0.977. The van der Waals surface area contributed by atoms with E-state index in [0.29, 0.717) is 11.3 Å². The van der Waals surface area contributed by atoms with Crippen molar-refractivity contribution in [3.05, 3.63) is 41.3 Å².